The Hall–Kier alpha value is -3.13. The van der Waals surface area contributed by atoms with Gasteiger partial charge in [0.05, 0.1) is 38.1 Å². The fourth-order valence-electron chi connectivity index (χ4n) is 5.04. The molecule has 8 heteroatoms. The summed E-state index contributed by atoms with van der Waals surface area (Å²) in [6, 6.07) is 9.55. The van der Waals surface area contributed by atoms with Crippen molar-refractivity contribution in [3.8, 4) is 5.75 Å². The van der Waals surface area contributed by atoms with Gasteiger partial charge in [0.1, 0.15) is 11.4 Å². The van der Waals surface area contributed by atoms with E-state index in [1.54, 1.807) is 34.8 Å². The van der Waals surface area contributed by atoms with Gasteiger partial charge < -0.3 is 19.3 Å². The van der Waals surface area contributed by atoms with Crippen LogP contribution in [-0.4, -0.2) is 70.3 Å². The van der Waals surface area contributed by atoms with E-state index in [-0.39, 0.29) is 17.9 Å². The van der Waals surface area contributed by atoms with E-state index in [0.29, 0.717) is 26.2 Å². The number of nitrogens with zero attached hydrogens (tertiary/aromatic N) is 4. The van der Waals surface area contributed by atoms with E-state index in [4.69, 9.17) is 9.47 Å². The standard InChI is InChI=1S/C23H26N4O4/c1-25(11-12-27-10-4-9-24-27)21(28)19-18-7-8-23(31-18)15-26(22(29)20(19)23)14-16-5-3-6-17(13-16)30-2/h3-10,13,18-20H,11-12,14-15H2,1-2H3/t18-,19-,20-,23-/m0/s1. The number of fused-ring (bicyclic) bond motifs is 1. The van der Waals surface area contributed by atoms with Crippen LogP contribution in [0.2, 0.25) is 0 Å². The highest BCUT2D eigenvalue weighted by atomic mass is 16.5. The first-order chi connectivity index (χ1) is 15.0. The lowest BCUT2D eigenvalue weighted by Gasteiger charge is -2.27. The molecule has 0 aliphatic carbocycles. The Kier molecular flexibility index (Phi) is 4.81. The first-order valence-electron chi connectivity index (χ1n) is 10.5. The van der Waals surface area contributed by atoms with Gasteiger partial charge in [-0.3, -0.25) is 14.3 Å². The highest BCUT2D eigenvalue weighted by Gasteiger charge is 2.67. The van der Waals surface area contributed by atoms with Crippen molar-refractivity contribution >= 4 is 11.8 Å². The summed E-state index contributed by atoms with van der Waals surface area (Å²) in [7, 11) is 3.40. The average Bonchev–Trinajstić information content (AvgIpc) is 3.55. The van der Waals surface area contributed by atoms with Crippen LogP contribution >= 0.6 is 0 Å². The third-order valence-corrected chi connectivity index (χ3v) is 6.57. The molecule has 31 heavy (non-hydrogen) atoms. The largest absolute Gasteiger partial charge is 0.497 e. The van der Waals surface area contributed by atoms with E-state index in [1.165, 1.54) is 0 Å². The van der Waals surface area contributed by atoms with Gasteiger partial charge in [0.2, 0.25) is 11.8 Å². The van der Waals surface area contributed by atoms with Crippen molar-refractivity contribution in [1.29, 1.82) is 0 Å². The second-order valence-corrected chi connectivity index (χ2v) is 8.47. The maximum atomic E-state index is 13.4. The van der Waals surface area contributed by atoms with E-state index >= 15 is 0 Å². The van der Waals surface area contributed by atoms with Crippen LogP contribution < -0.4 is 4.74 Å². The molecule has 0 N–H and O–H groups in total. The Bertz CT molecular complexity index is 1020. The van der Waals surface area contributed by atoms with Gasteiger partial charge in [-0.25, -0.2) is 0 Å². The molecule has 1 spiro atoms. The second-order valence-electron chi connectivity index (χ2n) is 8.47. The van der Waals surface area contributed by atoms with Gasteiger partial charge in [0, 0.05) is 32.5 Å². The topological polar surface area (TPSA) is 76.9 Å². The number of carbonyl (C=O) groups excluding carboxylic acids is 2. The first kappa shape index (κ1) is 19.8. The molecule has 2 aromatic rings. The summed E-state index contributed by atoms with van der Waals surface area (Å²) in [6.45, 7) is 2.05. The summed E-state index contributed by atoms with van der Waals surface area (Å²) in [6.07, 6.45) is 7.18. The van der Waals surface area contributed by atoms with Crippen LogP contribution in [0.3, 0.4) is 0 Å². The van der Waals surface area contributed by atoms with Gasteiger partial charge in [0.25, 0.3) is 0 Å². The van der Waals surface area contributed by atoms with Crippen molar-refractivity contribution in [1.82, 2.24) is 19.6 Å². The number of amides is 2. The number of carbonyl (C=O) groups is 2. The summed E-state index contributed by atoms with van der Waals surface area (Å²) < 4.78 is 13.3. The molecule has 0 saturated carbocycles. The van der Waals surface area contributed by atoms with Gasteiger partial charge in [0.15, 0.2) is 0 Å². The SMILES string of the molecule is COc1cccc(CN2C[C@]34C=C[C@H](O3)[C@H](C(=O)N(C)CCn3cccn3)[C@H]4C2=O)c1. The molecule has 3 aliphatic heterocycles. The van der Waals surface area contributed by atoms with Crippen LogP contribution in [0, 0.1) is 11.8 Å². The number of rotatable bonds is 7. The molecule has 2 amide bonds. The summed E-state index contributed by atoms with van der Waals surface area (Å²) >= 11 is 0. The fourth-order valence-corrected chi connectivity index (χ4v) is 5.04. The first-order valence-corrected chi connectivity index (χ1v) is 10.5. The molecule has 0 unspecified atom stereocenters. The van der Waals surface area contributed by atoms with E-state index in [0.717, 1.165) is 11.3 Å². The molecule has 1 aromatic heterocycles. The van der Waals surface area contributed by atoms with Crippen molar-refractivity contribution in [2.75, 3.05) is 27.2 Å². The van der Waals surface area contributed by atoms with E-state index in [9.17, 15) is 9.59 Å². The second kappa shape index (κ2) is 7.53. The zero-order chi connectivity index (χ0) is 21.6. The molecule has 2 saturated heterocycles. The lowest BCUT2D eigenvalue weighted by molar-refractivity contribution is -0.142. The zero-order valence-corrected chi connectivity index (χ0v) is 17.7. The minimum absolute atomic E-state index is 0.0199. The number of likely N-dealkylation sites (N-methyl/N-ethyl adjacent to an activating group) is 1. The van der Waals surface area contributed by atoms with Crippen LogP contribution in [0.1, 0.15) is 5.56 Å². The Morgan fingerprint density at radius 1 is 1.39 bits per heavy atom. The molecule has 0 radical (unpaired) electrons. The monoisotopic (exact) mass is 422 g/mol. The van der Waals surface area contributed by atoms with Crippen molar-refractivity contribution in [3.63, 3.8) is 0 Å². The number of hydrogen-bond acceptors (Lipinski definition) is 5. The molecule has 4 heterocycles. The number of methoxy groups -OCH3 is 1. The molecule has 1 aromatic carbocycles. The molecule has 3 aliphatic rings. The normalized spacial score (nSPS) is 28.3. The molecule has 162 valence electrons. The van der Waals surface area contributed by atoms with Crippen molar-refractivity contribution < 1.29 is 19.1 Å². The van der Waals surface area contributed by atoms with Gasteiger partial charge in [-0.1, -0.05) is 24.3 Å². The van der Waals surface area contributed by atoms with E-state index in [1.807, 2.05) is 48.7 Å². The highest BCUT2D eigenvalue weighted by Crippen LogP contribution is 2.52. The summed E-state index contributed by atoms with van der Waals surface area (Å²) in [4.78, 5) is 30.2. The van der Waals surface area contributed by atoms with Crippen LogP contribution in [0.15, 0.2) is 54.9 Å². The average molecular weight is 422 g/mol. The molecule has 5 rings (SSSR count). The van der Waals surface area contributed by atoms with Crippen molar-refractivity contribution in [3.05, 3.63) is 60.4 Å². The summed E-state index contributed by atoms with van der Waals surface area (Å²) in [5.74, 6) is -0.284. The molecule has 8 nitrogen and oxygen atoms in total. The number of aromatic nitrogens is 2. The quantitative estimate of drug-likeness (QED) is 0.630. The van der Waals surface area contributed by atoms with Crippen molar-refractivity contribution in [2.45, 2.75) is 24.8 Å². The predicted molar refractivity (Wildman–Crippen MR) is 112 cm³/mol. The lowest BCUT2D eigenvalue weighted by Crippen LogP contribution is -2.45. The smallest absolute Gasteiger partial charge is 0.230 e. The van der Waals surface area contributed by atoms with E-state index in [2.05, 4.69) is 5.10 Å². The van der Waals surface area contributed by atoms with Gasteiger partial charge in [-0.2, -0.15) is 5.10 Å². The lowest BCUT2D eigenvalue weighted by atomic mass is 9.76. The Balaban J connectivity index is 1.32. The van der Waals surface area contributed by atoms with Crippen LogP contribution in [-0.2, 0) is 27.4 Å². The van der Waals surface area contributed by atoms with Gasteiger partial charge in [-0.05, 0) is 23.8 Å². The van der Waals surface area contributed by atoms with Crippen LogP contribution in [0.5, 0.6) is 5.75 Å². The van der Waals surface area contributed by atoms with Crippen molar-refractivity contribution in [2.24, 2.45) is 11.8 Å². The van der Waals surface area contributed by atoms with Crippen LogP contribution in [0.25, 0.3) is 0 Å². The number of benzene rings is 1. The Morgan fingerprint density at radius 3 is 3.03 bits per heavy atom. The maximum Gasteiger partial charge on any atom is 0.230 e. The minimum atomic E-state index is -0.705. The van der Waals surface area contributed by atoms with E-state index < -0.39 is 17.4 Å². The highest BCUT2D eigenvalue weighted by molar-refractivity contribution is 5.93. The Morgan fingerprint density at radius 2 is 2.26 bits per heavy atom. The van der Waals surface area contributed by atoms with Crippen LogP contribution in [0.4, 0.5) is 0 Å². The fraction of sp³-hybridized carbons (Fsp3) is 0.435. The molecular weight excluding hydrogens is 396 g/mol. The molecular formula is C23H26N4O4. The number of likely N-dealkylation sites (tertiary alicyclic amines) is 1. The minimum Gasteiger partial charge on any atom is -0.497 e. The maximum absolute atomic E-state index is 13.4. The molecule has 2 bridgehead atoms. The van der Waals surface area contributed by atoms with Gasteiger partial charge in [-0.15, -0.1) is 0 Å². The third-order valence-electron chi connectivity index (χ3n) is 6.57. The number of ether oxygens (including phenoxy) is 2. The molecule has 4 atom stereocenters. The summed E-state index contributed by atoms with van der Waals surface area (Å²) in [5.41, 5.74) is 0.283. The molecule has 2 fully saturated rings. The third kappa shape index (κ3) is 3.31. The summed E-state index contributed by atoms with van der Waals surface area (Å²) in [5, 5.41) is 4.18. The Labute approximate surface area is 181 Å². The zero-order valence-electron chi connectivity index (χ0n) is 17.7. The number of hydrogen-bond donors (Lipinski definition) is 0. The predicted octanol–water partition coefficient (Wildman–Crippen LogP) is 1.33. The van der Waals surface area contributed by atoms with Gasteiger partial charge >= 0.3 is 0 Å².